The van der Waals surface area contributed by atoms with Crippen molar-refractivity contribution in [2.24, 2.45) is 7.05 Å². The first-order valence-electron chi connectivity index (χ1n) is 13.6. The molecule has 0 fully saturated rings. The van der Waals surface area contributed by atoms with Crippen molar-refractivity contribution in [3.05, 3.63) is 96.7 Å². The second-order valence-corrected chi connectivity index (χ2v) is 11.1. The van der Waals surface area contributed by atoms with Crippen LogP contribution in [0.5, 0.6) is 11.8 Å². The van der Waals surface area contributed by atoms with Gasteiger partial charge in [0, 0.05) is 74.2 Å². The van der Waals surface area contributed by atoms with Crippen LogP contribution in [0.15, 0.2) is 73.8 Å². The third-order valence-electron chi connectivity index (χ3n) is 6.97. The molecular weight excluding hydrogens is 579 g/mol. The molecule has 0 bridgehead atoms. The molecule has 0 radical (unpaired) electrons. The van der Waals surface area contributed by atoms with E-state index in [1.807, 2.05) is 32.3 Å². The third-order valence-corrected chi connectivity index (χ3v) is 8.23. The number of nitrogens with two attached hydrogens (primary N) is 1. The summed E-state index contributed by atoms with van der Waals surface area (Å²) in [5.41, 5.74) is 12.5. The smallest absolute Gasteiger partial charge is 0.322 e. The molecule has 10 nitrogen and oxygen atoms in total. The van der Waals surface area contributed by atoms with Crippen molar-refractivity contribution in [2.45, 2.75) is 20.4 Å². The van der Waals surface area contributed by atoms with Crippen molar-refractivity contribution >= 4 is 33.1 Å². The molecule has 6 rings (SSSR count). The Balaban J connectivity index is 1.52. The topological polar surface area (TPSA) is 134 Å². The van der Waals surface area contributed by atoms with Gasteiger partial charge in [0.2, 0.25) is 5.91 Å². The second-order valence-electron chi connectivity index (χ2n) is 10.1. The molecule has 1 amide bonds. The number of carbonyl (C=O) groups excluding carboxylic acids is 1. The van der Waals surface area contributed by atoms with Crippen LogP contribution in [-0.2, 0) is 18.4 Å². The Hall–Kier alpha value is -5.49. The van der Waals surface area contributed by atoms with Gasteiger partial charge < -0.3 is 15.8 Å². The molecule has 1 aromatic carbocycles. The van der Waals surface area contributed by atoms with E-state index in [2.05, 4.69) is 31.9 Å². The number of hydrogen-bond acceptors (Lipinski definition) is 9. The minimum atomic E-state index is -0.587. The van der Waals surface area contributed by atoms with E-state index in [0.29, 0.717) is 28.2 Å². The fourth-order valence-electron chi connectivity index (χ4n) is 4.87. The van der Waals surface area contributed by atoms with Gasteiger partial charge in [-0.3, -0.25) is 14.5 Å². The number of nitrogen functional groups attached to an aromatic ring is 1. The molecule has 3 N–H and O–H groups in total. The average molecular weight is 607 g/mol. The van der Waals surface area contributed by atoms with Gasteiger partial charge in [-0.05, 0) is 55.8 Å². The Bertz CT molecular complexity index is 2070. The number of anilines is 1. The number of amides is 1. The SMILES string of the molecule is C=CC(=O)NCc1ccc(-c2sc3c(-c4cnn(C)c4)cnc(N)c3c2-c2ccc(Oc3nccc(C)n3)c(F)c2)c(C)n1. The largest absolute Gasteiger partial charge is 0.421 e. The Morgan fingerprint density at radius 1 is 1.11 bits per heavy atom. The molecule has 5 aromatic heterocycles. The lowest BCUT2D eigenvalue weighted by molar-refractivity contribution is -0.116. The van der Waals surface area contributed by atoms with Gasteiger partial charge >= 0.3 is 6.01 Å². The van der Waals surface area contributed by atoms with Crippen molar-refractivity contribution in [3.63, 3.8) is 0 Å². The van der Waals surface area contributed by atoms with Crippen LogP contribution < -0.4 is 15.8 Å². The van der Waals surface area contributed by atoms with E-state index in [1.54, 1.807) is 48.4 Å². The lowest BCUT2D eigenvalue weighted by atomic mass is 9.97. The van der Waals surface area contributed by atoms with Crippen molar-refractivity contribution in [2.75, 3.05) is 5.73 Å². The van der Waals surface area contributed by atoms with Crippen LogP contribution in [0.4, 0.5) is 10.2 Å². The molecule has 12 heteroatoms. The summed E-state index contributed by atoms with van der Waals surface area (Å²) in [6, 6.07) is 10.3. The van der Waals surface area contributed by atoms with E-state index in [1.165, 1.54) is 23.5 Å². The summed E-state index contributed by atoms with van der Waals surface area (Å²) in [5.74, 6) is -0.564. The highest BCUT2D eigenvalue weighted by molar-refractivity contribution is 7.23. The van der Waals surface area contributed by atoms with Crippen molar-refractivity contribution in [3.8, 4) is 44.5 Å². The van der Waals surface area contributed by atoms with Gasteiger partial charge in [0.05, 0.1) is 18.4 Å². The average Bonchev–Trinajstić information content (AvgIpc) is 3.62. The van der Waals surface area contributed by atoms with Crippen molar-refractivity contribution in [1.82, 2.24) is 35.0 Å². The quantitative estimate of drug-likeness (QED) is 0.197. The van der Waals surface area contributed by atoms with Crippen LogP contribution in [0.3, 0.4) is 0 Å². The second kappa shape index (κ2) is 11.7. The van der Waals surface area contributed by atoms with E-state index in [0.717, 1.165) is 37.5 Å². The highest BCUT2D eigenvalue weighted by Gasteiger charge is 2.24. The number of halogens is 1. The molecule has 0 saturated carbocycles. The summed E-state index contributed by atoms with van der Waals surface area (Å²) in [5, 5.41) is 7.78. The van der Waals surface area contributed by atoms with E-state index in [-0.39, 0.29) is 24.2 Å². The fourth-order valence-corrected chi connectivity index (χ4v) is 6.31. The summed E-state index contributed by atoms with van der Waals surface area (Å²) in [7, 11) is 1.85. The lowest BCUT2D eigenvalue weighted by Gasteiger charge is -2.12. The van der Waals surface area contributed by atoms with Crippen LogP contribution in [-0.4, -0.2) is 35.6 Å². The number of thiophene rings is 1. The van der Waals surface area contributed by atoms with Gasteiger partial charge in [0.15, 0.2) is 11.6 Å². The molecule has 220 valence electrons. The first kappa shape index (κ1) is 28.6. The van der Waals surface area contributed by atoms with Gasteiger partial charge in [0.25, 0.3) is 0 Å². The zero-order valence-corrected chi connectivity index (χ0v) is 24.9. The van der Waals surface area contributed by atoms with Gasteiger partial charge in [-0.2, -0.15) is 5.10 Å². The summed E-state index contributed by atoms with van der Waals surface area (Å²) in [4.78, 5) is 30.1. The highest BCUT2D eigenvalue weighted by atomic mass is 32.1. The zero-order valence-electron chi connectivity index (χ0n) is 24.1. The highest BCUT2D eigenvalue weighted by Crippen LogP contribution is 2.50. The number of aryl methyl sites for hydroxylation is 3. The van der Waals surface area contributed by atoms with E-state index < -0.39 is 5.82 Å². The molecule has 0 atom stereocenters. The number of aromatic nitrogens is 6. The summed E-state index contributed by atoms with van der Waals surface area (Å²) < 4.78 is 23.9. The lowest BCUT2D eigenvalue weighted by Crippen LogP contribution is -2.20. The predicted molar refractivity (Wildman–Crippen MR) is 168 cm³/mol. The molecule has 0 aliphatic carbocycles. The van der Waals surface area contributed by atoms with Crippen LogP contribution in [0.25, 0.3) is 42.8 Å². The van der Waals surface area contributed by atoms with Gasteiger partial charge in [-0.25, -0.2) is 19.3 Å². The summed E-state index contributed by atoms with van der Waals surface area (Å²) in [6.07, 6.45) is 8.17. The molecule has 5 heterocycles. The van der Waals surface area contributed by atoms with Crippen LogP contribution in [0.1, 0.15) is 17.1 Å². The summed E-state index contributed by atoms with van der Waals surface area (Å²) >= 11 is 1.52. The zero-order chi connectivity index (χ0) is 31.0. The number of fused-ring (bicyclic) bond motifs is 1. The van der Waals surface area contributed by atoms with E-state index in [4.69, 9.17) is 15.5 Å². The Kier molecular flexibility index (Phi) is 7.58. The van der Waals surface area contributed by atoms with Gasteiger partial charge in [-0.15, -0.1) is 11.3 Å². The number of nitrogens with one attached hydrogen (secondary N) is 1. The monoisotopic (exact) mass is 606 g/mol. The normalized spacial score (nSPS) is 11.1. The first-order chi connectivity index (χ1) is 21.2. The molecule has 0 aliphatic heterocycles. The van der Waals surface area contributed by atoms with Crippen molar-refractivity contribution < 1.29 is 13.9 Å². The number of hydrogen-bond donors (Lipinski definition) is 2. The number of pyridine rings is 2. The molecule has 0 unspecified atom stereocenters. The molecular formula is C32H27FN8O2S. The third kappa shape index (κ3) is 5.50. The van der Waals surface area contributed by atoms with Gasteiger partial charge in [-0.1, -0.05) is 12.6 Å². The maximum absolute atomic E-state index is 15.6. The number of rotatable bonds is 8. The van der Waals surface area contributed by atoms with Crippen molar-refractivity contribution in [1.29, 1.82) is 0 Å². The summed E-state index contributed by atoms with van der Waals surface area (Å²) in [6.45, 7) is 7.43. The standard InChI is InChI=1S/C32H27FN8O2S/c1-5-26(42)36-14-21-7-8-22(18(3)40-21)29-27(19-6-9-25(24(33)12-19)43-32-35-11-10-17(2)39-32)28-30(44-29)23(15-37-31(28)34)20-13-38-41(4)16-20/h5-13,15-16H,1,14H2,2-4H3,(H2,34,37)(H,36,42). The maximum atomic E-state index is 15.6. The number of benzene rings is 1. The number of ether oxygens (including phenoxy) is 1. The molecule has 0 spiro atoms. The van der Waals surface area contributed by atoms with Crippen LogP contribution in [0.2, 0.25) is 0 Å². The Morgan fingerprint density at radius 2 is 1.95 bits per heavy atom. The molecule has 0 saturated heterocycles. The van der Waals surface area contributed by atoms with Crippen LogP contribution >= 0.6 is 11.3 Å². The maximum Gasteiger partial charge on any atom is 0.322 e. The Morgan fingerprint density at radius 3 is 2.66 bits per heavy atom. The molecule has 0 aliphatic rings. The molecule has 6 aromatic rings. The number of nitrogens with zero attached hydrogens (tertiary/aromatic N) is 6. The van der Waals surface area contributed by atoms with E-state index >= 15 is 4.39 Å². The predicted octanol–water partition coefficient (Wildman–Crippen LogP) is 6.15. The minimum Gasteiger partial charge on any atom is -0.421 e. The first-order valence-corrected chi connectivity index (χ1v) is 14.4. The fraction of sp³-hybridized carbons (Fsp3) is 0.125. The minimum absolute atomic E-state index is 0.00801. The van der Waals surface area contributed by atoms with Crippen LogP contribution in [0, 0.1) is 19.7 Å². The van der Waals surface area contributed by atoms with E-state index in [9.17, 15) is 4.79 Å². The van der Waals surface area contributed by atoms with Gasteiger partial charge in [0.1, 0.15) is 5.82 Å². The Labute approximate surface area is 256 Å². The molecule has 44 heavy (non-hydrogen) atoms. The number of carbonyl (C=O) groups is 1.